The molecule has 3 N–H and O–H groups in total. The van der Waals surface area contributed by atoms with Gasteiger partial charge in [0.15, 0.2) is 0 Å². The molecule has 6 nitrogen and oxygen atoms in total. The zero-order valence-electron chi connectivity index (χ0n) is 11.6. The minimum Gasteiger partial charge on any atom is -0.355 e. The molecule has 0 saturated heterocycles. The first kappa shape index (κ1) is 14.5. The van der Waals surface area contributed by atoms with Crippen LogP contribution in [0.2, 0.25) is 0 Å². The van der Waals surface area contributed by atoms with E-state index in [1.54, 1.807) is 43.7 Å². The topological polar surface area (TPSA) is 83.1 Å². The van der Waals surface area contributed by atoms with Gasteiger partial charge in [-0.3, -0.25) is 9.78 Å². The monoisotopic (exact) mass is 284 g/mol. The first-order valence-corrected chi connectivity index (χ1v) is 6.45. The van der Waals surface area contributed by atoms with Crippen molar-refractivity contribution in [3.63, 3.8) is 0 Å². The van der Waals surface area contributed by atoms with Crippen LogP contribution >= 0.6 is 0 Å². The molecule has 2 rings (SSSR count). The molecule has 0 spiro atoms. The van der Waals surface area contributed by atoms with E-state index in [-0.39, 0.29) is 11.9 Å². The van der Waals surface area contributed by atoms with E-state index >= 15 is 0 Å². The lowest BCUT2D eigenvalue weighted by Crippen LogP contribution is -2.28. The molecule has 108 valence electrons. The first-order chi connectivity index (χ1) is 10.2. The number of aromatic nitrogens is 1. The van der Waals surface area contributed by atoms with Crippen molar-refractivity contribution in [3.8, 4) is 0 Å². The average molecular weight is 284 g/mol. The van der Waals surface area contributed by atoms with Crippen LogP contribution in [0.4, 0.5) is 10.5 Å². The lowest BCUT2D eigenvalue weighted by Gasteiger charge is -2.08. The Morgan fingerprint density at radius 3 is 2.52 bits per heavy atom. The number of rotatable bonds is 4. The zero-order chi connectivity index (χ0) is 15.1. The fourth-order valence-corrected chi connectivity index (χ4v) is 1.71. The van der Waals surface area contributed by atoms with Crippen LogP contribution in [0.15, 0.2) is 48.8 Å². The number of pyridine rings is 1. The molecule has 0 bridgehead atoms. The van der Waals surface area contributed by atoms with Gasteiger partial charge in [-0.05, 0) is 35.9 Å². The average Bonchev–Trinajstić information content (AvgIpc) is 2.54. The van der Waals surface area contributed by atoms with E-state index in [9.17, 15) is 9.59 Å². The van der Waals surface area contributed by atoms with Gasteiger partial charge in [0.1, 0.15) is 0 Å². The molecule has 3 amide bonds. The number of benzene rings is 1. The molecule has 0 fully saturated rings. The number of nitrogens with one attached hydrogen (secondary N) is 3. The summed E-state index contributed by atoms with van der Waals surface area (Å²) < 4.78 is 0. The maximum atomic E-state index is 11.7. The number of hydrogen-bond donors (Lipinski definition) is 3. The molecular weight excluding hydrogens is 268 g/mol. The van der Waals surface area contributed by atoms with Gasteiger partial charge in [-0.1, -0.05) is 6.07 Å². The zero-order valence-corrected chi connectivity index (χ0v) is 11.6. The number of carbonyl (C=O) groups is 2. The van der Waals surface area contributed by atoms with Gasteiger partial charge < -0.3 is 16.0 Å². The van der Waals surface area contributed by atoms with Crippen LogP contribution in [0, 0.1) is 0 Å². The Morgan fingerprint density at radius 2 is 1.90 bits per heavy atom. The van der Waals surface area contributed by atoms with E-state index in [0.717, 1.165) is 5.56 Å². The molecule has 6 heteroatoms. The highest BCUT2D eigenvalue weighted by molar-refractivity contribution is 5.95. The minimum atomic E-state index is -0.313. The highest BCUT2D eigenvalue weighted by Crippen LogP contribution is 2.09. The van der Waals surface area contributed by atoms with Crippen LogP contribution in [-0.2, 0) is 6.54 Å². The van der Waals surface area contributed by atoms with E-state index in [2.05, 4.69) is 20.9 Å². The second-order valence-corrected chi connectivity index (χ2v) is 4.33. The Hall–Kier alpha value is -2.89. The van der Waals surface area contributed by atoms with Crippen LogP contribution < -0.4 is 16.0 Å². The Labute approximate surface area is 122 Å². The molecule has 0 radical (unpaired) electrons. The summed E-state index contributed by atoms with van der Waals surface area (Å²) in [6.07, 6.45) is 3.37. The van der Waals surface area contributed by atoms with Crippen LogP contribution in [-0.4, -0.2) is 24.0 Å². The molecule has 21 heavy (non-hydrogen) atoms. The number of amides is 3. The van der Waals surface area contributed by atoms with Crippen molar-refractivity contribution >= 4 is 17.6 Å². The Morgan fingerprint density at radius 1 is 1.14 bits per heavy atom. The molecule has 1 heterocycles. The SMILES string of the molecule is CNC(=O)c1ccc(NC(=O)NCc2cccnc2)cc1. The summed E-state index contributed by atoms with van der Waals surface area (Å²) in [4.78, 5) is 27.1. The second-order valence-electron chi connectivity index (χ2n) is 4.33. The summed E-state index contributed by atoms with van der Waals surface area (Å²) >= 11 is 0. The fourth-order valence-electron chi connectivity index (χ4n) is 1.71. The quantitative estimate of drug-likeness (QED) is 0.800. The normalized spacial score (nSPS) is 9.76. The molecule has 0 aliphatic rings. The summed E-state index contributed by atoms with van der Waals surface area (Å²) in [6.45, 7) is 0.399. The summed E-state index contributed by atoms with van der Waals surface area (Å²) in [6, 6.07) is 10.0. The Bertz CT molecular complexity index is 611. The van der Waals surface area contributed by atoms with Crippen LogP contribution in [0.1, 0.15) is 15.9 Å². The van der Waals surface area contributed by atoms with E-state index in [4.69, 9.17) is 0 Å². The van der Waals surface area contributed by atoms with Gasteiger partial charge >= 0.3 is 6.03 Å². The summed E-state index contributed by atoms with van der Waals surface area (Å²) in [5.74, 6) is -0.164. The third kappa shape index (κ3) is 4.31. The predicted molar refractivity (Wildman–Crippen MR) is 79.9 cm³/mol. The van der Waals surface area contributed by atoms with E-state index in [0.29, 0.717) is 17.8 Å². The van der Waals surface area contributed by atoms with Crippen molar-refractivity contribution in [2.24, 2.45) is 0 Å². The van der Waals surface area contributed by atoms with E-state index in [1.807, 2.05) is 12.1 Å². The molecule has 1 aromatic heterocycles. The lowest BCUT2D eigenvalue weighted by atomic mass is 10.2. The molecular formula is C15H16N4O2. The summed E-state index contributed by atoms with van der Waals surface area (Å²) in [5.41, 5.74) is 2.08. The van der Waals surface area contributed by atoms with Gasteiger partial charge in [0.05, 0.1) is 0 Å². The highest BCUT2D eigenvalue weighted by Gasteiger charge is 2.04. The number of hydrogen-bond acceptors (Lipinski definition) is 3. The Kier molecular flexibility index (Phi) is 4.87. The van der Waals surface area contributed by atoms with Gasteiger partial charge in [0, 0.05) is 37.2 Å². The summed E-state index contributed by atoms with van der Waals surface area (Å²) in [5, 5.41) is 7.96. The summed E-state index contributed by atoms with van der Waals surface area (Å²) in [7, 11) is 1.57. The van der Waals surface area contributed by atoms with Gasteiger partial charge in [-0.15, -0.1) is 0 Å². The van der Waals surface area contributed by atoms with Crippen LogP contribution in [0.3, 0.4) is 0 Å². The maximum absolute atomic E-state index is 11.7. The van der Waals surface area contributed by atoms with Gasteiger partial charge in [0.2, 0.25) is 0 Å². The molecule has 1 aromatic carbocycles. The number of nitrogens with zero attached hydrogens (tertiary/aromatic N) is 1. The molecule has 0 atom stereocenters. The van der Waals surface area contributed by atoms with Crippen LogP contribution in [0.5, 0.6) is 0 Å². The molecule has 0 aliphatic heterocycles. The smallest absolute Gasteiger partial charge is 0.319 e. The predicted octanol–water partition coefficient (Wildman–Crippen LogP) is 1.76. The fraction of sp³-hybridized carbons (Fsp3) is 0.133. The lowest BCUT2D eigenvalue weighted by molar-refractivity contribution is 0.0963. The largest absolute Gasteiger partial charge is 0.355 e. The van der Waals surface area contributed by atoms with E-state index in [1.165, 1.54) is 0 Å². The third-order valence-corrected chi connectivity index (χ3v) is 2.81. The van der Waals surface area contributed by atoms with Crippen molar-refractivity contribution in [2.45, 2.75) is 6.54 Å². The third-order valence-electron chi connectivity index (χ3n) is 2.81. The number of carbonyl (C=O) groups excluding carboxylic acids is 2. The first-order valence-electron chi connectivity index (χ1n) is 6.45. The van der Waals surface area contributed by atoms with Crippen molar-refractivity contribution in [1.82, 2.24) is 15.6 Å². The van der Waals surface area contributed by atoms with Crippen molar-refractivity contribution in [2.75, 3.05) is 12.4 Å². The molecule has 0 aliphatic carbocycles. The maximum Gasteiger partial charge on any atom is 0.319 e. The van der Waals surface area contributed by atoms with Gasteiger partial charge in [-0.2, -0.15) is 0 Å². The van der Waals surface area contributed by atoms with Crippen LogP contribution in [0.25, 0.3) is 0 Å². The Balaban J connectivity index is 1.86. The highest BCUT2D eigenvalue weighted by atomic mass is 16.2. The van der Waals surface area contributed by atoms with Gasteiger partial charge in [0.25, 0.3) is 5.91 Å². The number of urea groups is 1. The molecule has 2 aromatic rings. The minimum absolute atomic E-state index is 0.164. The number of anilines is 1. The van der Waals surface area contributed by atoms with Crippen molar-refractivity contribution in [3.05, 3.63) is 59.9 Å². The van der Waals surface area contributed by atoms with Crippen molar-refractivity contribution in [1.29, 1.82) is 0 Å². The second kappa shape index (κ2) is 7.04. The standard InChI is InChI=1S/C15H16N4O2/c1-16-14(20)12-4-6-13(7-5-12)19-15(21)18-10-11-3-2-8-17-9-11/h2-9H,10H2,1H3,(H,16,20)(H2,18,19,21). The molecule has 0 saturated carbocycles. The van der Waals surface area contributed by atoms with Gasteiger partial charge in [-0.25, -0.2) is 4.79 Å². The van der Waals surface area contributed by atoms with E-state index < -0.39 is 0 Å². The molecule has 0 unspecified atom stereocenters. The van der Waals surface area contributed by atoms with Crippen molar-refractivity contribution < 1.29 is 9.59 Å².